The van der Waals surface area contributed by atoms with Crippen LogP contribution in [0.25, 0.3) is 0 Å². The number of rotatable bonds is 4. The summed E-state index contributed by atoms with van der Waals surface area (Å²) in [6, 6.07) is 4.76. The van der Waals surface area contributed by atoms with Gasteiger partial charge < -0.3 is 10.0 Å². The lowest BCUT2D eigenvalue weighted by atomic mass is 10.1. The molecule has 1 aromatic carbocycles. The molecule has 0 aliphatic rings. The van der Waals surface area contributed by atoms with Gasteiger partial charge in [0.25, 0.3) is 0 Å². The van der Waals surface area contributed by atoms with Crippen molar-refractivity contribution < 1.29 is 9.50 Å². The third-order valence-electron chi connectivity index (χ3n) is 2.33. The summed E-state index contributed by atoms with van der Waals surface area (Å²) in [5.74, 6) is 4.96. The smallest absolute Gasteiger partial charge is 0.124 e. The lowest BCUT2D eigenvalue weighted by Crippen LogP contribution is -2.18. The first kappa shape index (κ1) is 13.7. The van der Waals surface area contributed by atoms with E-state index in [0.29, 0.717) is 12.1 Å². The largest absolute Gasteiger partial charge is 0.384 e. The fraction of sp³-hybridized carbons (Fsp3) is 0.429. The SMILES string of the molecule is CCCN(C)Cc1cc(F)cc(C#CCO)c1. The molecule has 0 radical (unpaired) electrons. The molecule has 1 rings (SSSR count). The highest BCUT2D eigenvalue weighted by molar-refractivity contribution is 5.37. The second kappa shape index (κ2) is 7.05. The van der Waals surface area contributed by atoms with Gasteiger partial charge in [-0.1, -0.05) is 18.8 Å². The summed E-state index contributed by atoms with van der Waals surface area (Å²) in [6.07, 6.45) is 1.07. The number of nitrogens with zero attached hydrogens (tertiary/aromatic N) is 1. The van der Waals surface area contributed by atoms with Gasteiger partial charge in [0.15, 0.2) is 0 Å². The molecule has 0 bridgehead atoms. The Balaban J connectivity index is 2.82. The third kappa shape index (κ3) is 4.99. The van der Waals surface area contributed by atoms with Crippen LogP contribution in [0.2, 0.25) is 0 Å². The Kier molecular flexibility index (Phi) is 5.68. The number of aliphatic hydroxyl groups is 1. The fourth-order valence-corrected chi connectivity index (χ4v) is 1.73. The highest BCUT2D eigenvalue weighted by atomic mass is 19.1. The van der Waals surface area contributed by atoms with Crippen molar-refractivity contribution in [3.63, 3.8) is 0 Å². The Hall–Kier alpha value is -1.37. The van der Waals surface area contributed by atoms with Crippen LogP contribution >= 0.6 is 0 Å². The molecule has 1 N–H and O–H groups in total. The molecule has 0 heterocycles. The minimum Gasteiger partial charge on any atom is -0.384 e. The molecular weight excluding hydrogens is 217 g/mol. The van der Waals surface area contributed by atoms with Crippen LogP contribution in [-0.4, -0.2) is 30.2 Å². The zero-order valence-electron chi connectivity index (χ0n) is 10.3. The highest BCUT2D eigenvalue weighted by Crippen LogP contribution is 2.10. The van der Waals surface area contributed by atoms with Crippen LogP contribution in [0.15, 0.2) is 18.2 Å². The van der Waals surface area contributed by atoms with E-state index in [-0.39, 0.29) is 12.4 Å². The number of aliphatic hydroxyl groups excluding tert-OH is 1. The van der Waals surface area contributed by atoms with E-state index in [4.69, 9.17) is 5.11 Å². The quantitative estimate of drug-likeness (QED) is 0.807. The normalized spacial score (nSPS) is 10.2. The van der Waals surface area contributed by atoms with Gasteiger partial charge in [0, 0.05) is 12.1 Å². The first-order chi connectivity index (χ1) is 8.15. The summed E-state index contributed by atoms with van der Waals surface area (Å²) in [7, 11) is 2.01. The fourth-order valence-electron chi connectivity index (χ4n) is 1.73. The van der Waals surface area contributed by atoms with E-state index in [9.17, 15) is 4.39 Å². The van der Waals surface area contributed by atoms with Gasteiger partial charge in [-0.25, -0.2) is 4.39 Å². The Labute approximate surface area is 102 Å². The summed E-state index contributed by atoms with van der Waals surface area (Å²) in [5.41, 5.74) is 1.52. The van der Waals surface area contributed by atoms with E-state index in [1.807, 2.05) is 13.1 Å². The average Bonchev–Trinajstić information content (AvgIpc) is 2.25. The lowest BCUT2D eigenvalue weighted by molar-refractivity contribution is 0.327. The van der Waals surface area contributed by atoms with Gasteiger partial charge in [0.05, 0.1) is 0 Å². The zero-order chi connectivity index (χ0) is 12.7. The summed E-state index contributed by atoms with van der Waals surface area (Å²) in [4.78, 5) is 2.14. The summed E-state index contributed by atoms with van der Waals surface area (Å²) in [6.45, 7) is 3.59. The number of hydrogen-bond donors (Lipinski definition) is 1. The lowest BCUT2D eigenvalue weighted by Gasteiger charge is -2.15. The maximum absolute atomic E-state index is 13.3. The van der Waals surface area contributed by atoms with E-state index in [1.165, 1.54) is 12.1 Å². The van der Waals surface area contributed by atoms with Crippen LogP contribution in [0, 0.1) is 17.7 Å². The maximum Gasteiger partial charge on any atom is 0.124 e. The van der Waals surface area contributed by atoms with E-state index >= 15 is 0 Å². The van der Waals surface area contributed by atoms with Crippen molar-refractivity contribution in [2.75, 3.05) is 20.2 Å². The molecule has 3 heteroatoms. The molecule has 0 aliphatic carbocycles. The summed E-state index contributed by atoms with van der Waals surface area (Å²) in [5, 5.41) is 8.61. The molecule has 0 aromatic heterocycles. The molecule has 0 atom stereocenters. The monoisotopic (exact) mass is 235 g/mol. The number of benzene rings is 1. The van der Waals surface area contributed by atoms with Crippen molar-refractivity contribution in [1.29, 1.82) is 0 Å². The molecule has 0 aliphatic heterocycles. The predicted octanol–water partition coefficient (Wildman–Crippen LogP) is 2.01. The molecule has 1 aromatic rings. The molecule has 0 saturated carbocycles. The second-order valence-corrected chi connectivity index (χ2v) is 4.05. The summed E-state index contributed by atoms with van der Waals surface area (Å²) < 4.78 is 13.3. The van der Waals surface area contributed by atoms with Gasteiger partial charge in [-0.05, 0) is 43.8 Å². The molecule has 17 heavy (non-hydrogen) atoms. The first-order valence-corrected chi connectivity index (χ1v) is 5.73. The molecule has 2 nitrogen and oxygen atoms in total. The predicted molar refractivity (Wildman–Crippen MR) is 67.0 cm³/mol. The first-order valence-electron chi connectivity index (χ1n) is 5.73. The second-order valence-electron chi connectivity index (χ2n) is 4.05. The topological polar surface area (TPSA) is 23.5 Å². The van der Waals surface area contributed by atoms with Gasteiger partial charge in [0.2, 0.25) is 0 Å². The third-order valence-corrected chi connectivity index (χ3v) is 2.33. The van der Waals surface area contributed by atoms with Gasteiger partial charge in [-0.3, -0.25) is 0 Å². The molecular formula is C14H18FNO. The zero-order valence-corrected chi connectivity index (χ0v) is 10.3. The Bertz CT molecular complexity index is 420. The van der Waals surface area contributed by atoms with Crippen LogP contribution in [0.4, 0.5) is 4.39 Å². The highest BCUT2D eigenvalue weighted by Gasteiger charge is 2.02. The Morgan fingerprint density at radius 2 is 2.12 bits per heavy atom. The van der Waals surface area contributed by atoms with Crippen molar-refractivity contribution in [3.05, 3.63) is 35.1 Å². The van der Waals surface area contributed by atoms with Gasteiger partial charge in [0.1, 0.15) is 12.4 Å². The van der Waals surface area contributed by atoms with Crippen molar-refractivity contribution in [2.24, 2.45) is 0 Å². The molecule has 0 unspecified atom stereocenters. The van der Waals surface area contributed by atoms with E-state index in [2.05, 4.69) is 23.7 Å². The molecule has 92 valence electrons. The molecule has 0 saturated heterocycles. The van der Waals surface area contributed by atoms with Gasteiger partial charge >= 0.3 is 0 Å². The van der Waals surface area contributed by atoms with Crippen molar-refractivity contribution in [1.82, 2.24) is 4.90 Å². The van der Waals surface area contributed by atoms with Gasteiger partial charge in [-0.15, -0.1) is 0 Å². The van der Waals surface area contributed by atoms with E-state index in [0.717, 1.165) is 18.5 Å². The Morgan fingerprint density at radius 1 is 1.35 bits per heavy atom. The molecule has 0 amide bonds. The minimum absolute atomic E-state index is 0.207. The van der Waals surface area contributed by atoms with Crippen LogP contribution in [0.3, 0.4) is 0 Å². The van der Waals surface area contributed by atoms with Gasteiger partial charge in [-0.2, -0.15) is 0 Å². The molecule has 0 spiro atoms. The average molecular weight is 235 g/mol. The van der Waals surface area contributed by atoms with Crippen molar-refractivity contribution >= 4 is 0 Å². The van der Waals surface area contributed by atoms with Crippen molar-refractivity contribution in [2.45, 2.75) is 19.9 Å². The van der Waals surface area contributed by atoms with E-state index in [1.54, 1.807) is 0 Å². The van der Waals surface area contributed by atoms with Crippen LogP contribution in [-0.2, 0) is 6.54 Å². The summed E-state index contributed by atoms with van der Waals surface area (Å²) >= 11 is 0. The number of halogens is 1. The minimum atomic E-state index is -0.283. The van der Waals surface area contributed by atoms with Crippen LogP contribution < -0.4 is 0 Å². The van der Waals surface area contributed by atoms with E-state index < -0.39 is 0 Å². The standard InChI is InChI=1S/C14H18FNO/c1-3-6-16(2)11-13-8-12(5-4-7-17)9-14(15)10-13/h8-10,17H,3,6-7,11H2,1-2H3. The maximum atomic E-state index is 13.3. The van der Waals surface area contributed by atoms with Crippen LogP contribution in [0.5, 0.6) is 0 Å². The Morgan fingerprint density at radius 3 is 2.76 bits per heavy atom. The number of hydrogen-bond acceptors (Lipinski definition) is 2. The van der Waals surface area contributed by atoms with Crippen LogP contribution in [0.1, 0.15) is 24.5 Å². The van der Waals surface area contributed by atoms with Crippen molar-refractivity contribution in [3.8, 4) is 11.8 Å². The molecule has 0 fully saturated rings.